The van der Waals surface area contributed by atoms with Gasteiger partial charge in [-0.15, -0.1) is 0 Å². The van der Waals surface area contributed by atoms with E-state index >= 15 is 0 Å². The predicted molar refractivity (Wildman–Crippen MR) is 40.2 cm³/mol. The Morgan fingerprint density at radius 3 is 2.33 bits per heavy atom. The molecule has 1 nitrogen and oxygen atoms in total. The lowest BCUT2D eigenvalue weighted by Crippen LogP contribution is -2.34. The molecule has 1 heteroatoms. The number of hydrogen-bond donors (Lipinski definition) is 1. The van der Waals surface area contributed by atoms with Gasteiger partial charge in [0, 0.05) is 6.04 Å². The van der Waals surface area contributed by atoms with Crippen molar-refractivity contribution in [3.05, 3.63) is 0 Å². The molecule has 0 unspecified atom stereocenters. The molecule has 3 atom stereocenters. The highest BCUT2D eigenvalue weighted by Gasteiger charge is 2.21. The van der Waals surface area contributed by atoms with Gasteiger partial charge in [-0.05, 0) is 24.7 Å². The second-order valence-corrected chi connectivity index (χ2v) is 3.56. The smallest absolute Gasteiger partial charge is 0.00670 e. The van der Waals surface area contributed by atoms with Crippen LogP contribution < -0.4 is 5.73 Å². The van der Waals surface area contributed by atoms with Gasteiger partial charge >= 0.3 is 0 Å². The Morgan fingerprint density at radius 1 is 1.22 bits per heavy atom. The summed E-state index contributed by atoms with van der Waals surface area (Å²) in [6, 6.07) is 0.480. The van der Waals surface area contributed by atoms with Gasteiger partial charge in [-0.3, -0.25) is 0 Å². The second kappa shape index (κ2) is 2.70. The Hall–Kier alpha value is -0.0400. The second-order valence-electron chi connectivity index (χ2n) is 3.56. The van der Waals surface area contributed by atoms with Gasteiger partial charge in [-0.25, -0.2) is 0 Å². The molecule has 2 N–H and O–H groups in total. The fraction of sp³-hybridized carbons (Fsp3) is 1.00. The van der Waals surface area contributed by atoms with Crippen molar-refractivity contribution >= 4 is 0 Å². The fourth-order valence-electron chi connectivity index (χ4n) is 1.58. The van der Waals surface area contributed by atoms with Crippen molar-refractivity contribution in [3.8, 4) is 0 Å². The van der Waals surface area contributed by atoms with E-state index in [1.165, 1.54) is 19.3 Å². The minimum Gasteiger partial charge on any atom is -0.327 e. The number of rotatable bonds is 0. The zero-order chi connectivity index (χ0) is 6.85. The maximum absolute atomic E-state index is 5.87. The molecule has 0 bridgehead atoms. The van der Waals surface area contributed by atoms with Crippen LogP contribution in [0.3, 0.4) is 0 Å². The largest absolute Gasteiger partial charge is 0.327 e. The lowest BCUT2D eigenvalue weighted by atomic mass is 9.81. The van der Waals surface area contributed by atoms with Gasteiger partial charge in [0.25, 0.3) is 0 Å². The summed E-state index contributed by atoms with van der Waals surface area (Å²) in [5, 5.41) is 0. The molecule has 0 radical (unpaired) electrons. The van der Waals surface area contributed by atoms with E-state index in [1.54, 1.807) is 0 Å². The summed E-state index contributed by atoms with van der Waals surface area (Å²) in [6.45, 7) is 4.56. The Labute approximate surface area is 57.6 Å². The molecule has 0 heterocycles. The molecule has 0 amide bonds. The first-order valence-corrected chi connectivity index (χ1v) is 3.95. The highest BCUT2D eigenvalue weighted by molar-refractivity contribution is 4.77. The lowest BCUT2D eigenvalue weighted by molar-refractivity contribution is 0.266. The monoisotopic (exact) mass is 127 g/mol. The molecule has 54 valence electrons. The molecule has 1 rings (SSSR count). The average Bonchev–Trinajstić information content (AvgIpc) is 1.80. The molecule has 1 aliphatic rings. The van der Waals surface area contributed by atoms with Gasteiger partial charge in [-0.2, -0.15) is 0 Å². The molecule has 9 heavy (non-hydrogen) atoms. The van der Waals surface area contributed by atoms with Crippen LogP contribution in [0.4, 0.5) is 0 Å². The van der Waals surface area contributed by atoms with E-state index in [-0.39, 0.29) is 0 Å². The molecule has 1 aliphatic carbocycles. The number of hydrogen-bond acceptors (Lipinski definition) is 1. The highest BCUT2D eigenvalue weighted by atomic mass is 14.7. The first-order chi connectivity index (χ1) is 4.20. The van der Waals surface area contributed by atoms with Crippen LogP contribution in [0.1, 0.15) is 33.1 Å². The summed E-state index contributed by atoms with van der Waals surface area (Å²) >= 11 is 0. The lowest BCUT2D eigenvalue weighted by Gasteiger charge is -2.29. The Bertz CT molecular complexity index is 90.6. The van der Waals surface area contributed by atoms with Gasteiger partial charge in [0.2, 0.25) is 0 Å². The third kappa shape index (κ3) is 1.68. The summed E-state index contributed by atoms with van der Waals surface area (Å²) in [4.78, 5) is 0. The summed E-state index contributed by atoms with van der Waals surface area (Å²) in [7, 11) is 0. The Balaban J connectivity index is 2.35. The maximum atomic E-state index is 5.87. The van der Waals surface area contributed by atoms with Crippen molar-refractivity contribution in [1.29, 1.82) is 0 Å². The summed E-state index contributed by atoms with van der Waals surface area (Å²) < 4.78 is 0. The third-order valence-corrected chi connectivity index (χ3v) is 2.52. The summed E-state index contributed by atoms with van der Waals surface area (Å²) in [6.07, 6.45) is 3.96. The van der Waals surface area contributed by atoms with E-state index in [1.807, 2.05) is 0 Å². The van der Waals surface area contributed by atoms with E-state index < -0.39 is 0 Å². The minimum absolute atomic E-state index is 0.480. The van der Waals surface area contributed by atoms with E-state index in [4.69, 9.17) is 5.73 Å². The molecular weight excluding hydrogens is 110 g/mol. The van der Waals surface area contributed by atoms with Crippen molar-refractivity contribution in [3.63, 3.8) is 0 Å². The fourth-order valence-corrected chi connectivity index (χ4v) is 1.58. The van der Waals surface area contributed by atoms with Crippen LogP contribution in [0.15, 0.2) is 0 Å². The van der Waals surface area contributed by atoms with Crippen LogP contribution in [-0.4, -0.2) is 6.04 Å². The summed E-state index contributed by atoms with van der Waals surface area (Å²) in [5.41, 5.74) is 5.87. The van der Waals surface area contributed by atoms with E-state index in [0.717, 1.165) is 11.8 Å². The third-order valence-electron chi connectivity index (χ3n) is 2.52. The molecule has 0 aromatic carbocycles. The Kier molecular flexibility index (Phi) is 2.12. The van der Waals surface area contributed by atoms with Crippen LogP contribution >= 0.6 is 0 Å². The van der Waals surface area contributed by atoms with Crippen molar-refractivity contribution in [1.82, 2.24) is 0 Å². The molecule has 0 aliphatic heterocycles. The van der Waals surface area contributed by atoms with Crippen LogP contribution in [0.2, 0.25) is 0 Å². The SMILES string of the molecule is C[C@H]1CC[C@@H](C)[C@H](N)C1. The molecule has 0 aromatic heterocycles. The van der Waals surface area contributed by atoms with Crippen molar-refractivity contribution in [2.24, 2.45) is 17.6 Å². The van der Waals surface area contributed by atoms with Gasteiger partial charge in [0.15, 0.2) is 0 Å². The predicted octanol–water partition coefficient (Wildman–Crippen LogP) is 1.77. The first-order valence-electron chi connectivity index (χ1n) is 3.95. The van der Waals surface area contributed by atoms with E-state index in [0.29, 0.717) is 6.04 Å². The molecule has 1 saturated carbocycles. The summed E-state index contributed by atoms with van der Waals surface area (Å²) in [5.74, 6) is 1.64. The zero-order valence-electron chi connectivity index (χ0n) is 6.43. The maximum Gasteiger partial charge on any atom is 0.00670 e. The van der Waals surface area contributed by atoms with Crippen LogP contribution in [0.5, 0.6) is 0 Å². The van der Waals surface area contributed by atoms with Crippen LogP contribution in [0, 0.1) is 11.8 Å². The van der Waals surface area contributed by atoms with Gasteiger partial charge in [0.1, 0.15) is 0 Å². The number of nitrogens with two attached hydrogens (primary N) is 1. The van der Waals surface area contributed by atoms with Gasteiger partial charge in [-0.1, -0.05) is 20.3 Å². The molecule has 0 spiro atoms. The molecule has 0 aromatic rings. The van der Waals surface area contributed by atoms with Crippen LogP contribution in [-0.2, 0) is 0 Å². The topological polar surface area (TPSA) is 26.0 Å². The quantitative estimate of drug-likeness (QED) is 0.527. The van der Waals surface area contributed by atoms with Crippen molar-refractivity contribution in [2.75, 3.05) is 0 Å². The van der Waals surface area contributed by atoms with Crippen molar-refractivity contribution in [2.45, 2.75) is 39.2 Å². The first kappa shape index (κ1) is 7.07. The van der Waals surface area contributed by atoms with Crippen LogP contribution in [0.25, 0.3) is 0 Å². The van der Waals surface area contributed by atoms with Gasteiger partial charge < -0.3 is 5.73 Å². The molecular formula is C8H17N. The Morgan fingerprint density at radius 2 is 1.89 bits per heavy atom. The average molecular weight is 127 g/mol. The zero-order valence-corrected chi connectivity index (χ0v) is 6.43. The van der Waals surface area contributed by atoms with E-state index in [9.17, 15) is 0 Å². The standard InChI is InChI=1S/C8H17N/c1-6-3-4-7(2)8(9)5-6/h6-8H,3-5,9H2,1-2H3/t6-,7+,8+/m0/s1. The van der Waals surface area contributed by atoms with E-state index in [2.05, 4.69) is 13.8 Å². The highest BCUT2D eigenvalue weighted by Crippen LogP contribution is 2.26. The minimum atomic E-state index is 0.480. The normalized spacial score (nSPS) is 45.0. The molecule has 0 saturated heterocycles. The van der Waals surface area contributed by atoms with Crippen molar-refractivity contribution < 1.29 is 0 Å². The van der Waals surface area contributed by atoms with Gasteiger partial charge in [0.05, 0.1) is 0 Å². The molecule has 1 fully saturated rings.